The zero-order valence-electron chi connectivity index (χ0n) is 20.2. The van der Waals surface area contributed by atoms with Gasteiger partial charge in [0.25, 0.3) is 5.56 Å². The van der Waals surface area contributed by atoms with E-state index in [0.717, 1.165) is 34.1 Å². The molecule has 35 heavy (non-hydrogen) atoms. The highest BCUT2D eigenvalue weighted by molar-refractivity contribution is 6.33. The van der Waals surface area contributed by atoms with Crippen molar-refractivity contribution in [3.05, 3.63) is 92.3 Å². The molecular weight excluding hydrogens is 466 g/mol. The van der Waals surface area contributed by atoms with Gasteiger partial charge in [-0.2, -0.15) is 0 Å². The second-order valence-corrected chi connectivity index (χ2v) is 8.18. The van der Waals surface area contributed by atoms with Crippen molar-refractivity contribution in [2.24, 2.45) is 5.92 Å². The Kier molecular flexibility index (Phi) is 8.60. The topological polar surface area (TPSA) is 94.0 Å². The predicted octanol–water partition coefficient (Wildman–Crippen LogP) is 5.30. The first kappa shape index (κ1) is 25.9. The van der Waals surface area contributed by atoms with Gasteiger partial charge in [-0.15, -0.1) is 0 Å². The number of methoxy groups -OCH3 is 1. The number of rotatable bonds is 3. The van der Waals surface area contributed by atoms with Gasteiger partial charge in [0.15, 0.2) is 0 Å². The number of carbonyl (C=O) groups excluding carboxylic acids is 1. The molecule has 1 aliphatic carbocycles. The van der Waals surface area contributed by atoms with Gasteiger partial charge in [0.05, 0.1) is 35.8 Å². The lowest BCUT2D eigenvalue weighted by molar-refractivity contribution is -0.142. The van der Waals surface area contributed by atoms with E-state index < -0.39 is 5.69 Å². The van der Waals surface area contributed by atoms with Crippen molar-refractivity contribution < 1.29 is 9.53 Å². The number of aromatic nitrogens is 3. The summed E-state index contributed by atoms with van der Waals surface area (Å²) in [6.45, 7) is 5.83. The SMILES string of the molecule is CC.COC(=O)C1CC1.Cc1ccncc1-n1c(=O)[nH]c2cc(-c3ccccc3Cl)ccc2c1=O. The number of hydrogen-bond acceptors (Lipinski definition) is 5. The molecule has 8 heteroatoms. The maximum atomic E-state index is 12.9. The van der Waals surface area contributed by atoms with E-state index in [4.69, 9.17) is 11.6 Å². The lowest BCUT2D eigenvalue weighted by Crippen LogP contribution is -2.34. The molecule has 182 valence electrons. The number of aromatic amines is 1. The van der Waals surface area contributed by atoms with E-state index in [1.807, 2.05) is 45.0 Å². The van der Waals surface area contributed by atoms with Gasteiger partial charge in [-0.3, -0.25) is 14.6 Å². The molecule has 0 saturated heterocycles. The number of esters is 1. The molecule has 5 rings (SSSR count). The molecule has 2 heterocycles. The maximum Gasteiger partial charge on any atom is 0.333 e. The number of halogens is 1. The van der Waals surface area contributed by atoms with Crippen molar-refractivity contribution in [2.75, 3.05) is 7.11 Å². The molecular formula is C27H28ClN3O4. The Morgan fingerprint density at radius 1 is 1.11 bits per heavy atom. The van der Waals surface area contributed by atoms with E-state index in [-0.39, 0.29) is 17.4 Å². The van der Waals surface area contributed by atoms with Crippen molar-refractivity contribution in [3.8, 4) is 16.8 Å². The molecule has 1 N–H and O–H groups in total. The molecule has 0 amide bonds. The fourth-order valence-electron chi connectivity index (χ4n) is 3.48. The van der Waals surface area contributed by atoms with E-state index in [9.17, 15) is 14.4 Å². The highest BCUT2D eigenvalue weighted by Gasteiger charge is 2.30. The maximum absolute atomic E-state index is 12.9. The number of carbonyl (C=O) groups is 1. The third-order valence-corrected chi connectivity index (χ3v) is 5.78. The first-order chi connectivity index (χ1) is 16.9. The van der Waals surface area contributed by atoms with E-state index in [1.165, 1.54) is 13.3 Å². The van der Waals surface area contributed by atoms with Gasteiger partial charge >= 0.3 is 11.7 Å². The summed E-state index contributed by atoms with van der Waals surface area (Å²) in [7, 11) is 1.43. The van der Waals surface area contributed by atoms with Crippen LogP contribution in [0.3, 0.4) is 0 Å². The Morgan fingerprint density at radius 2 is 1.83 bits per heavy atom. The number of benzene rings is 2. The Bertz CT molecular complexity index is 1460. The normalized spacial score (nSPS) is 12.1. The highest BCUT2D eigenvalue weighted by atomic mass is 35.5. The molecule has 0 radical (unpaired) electrons. The minimum Gasteiger partial charge on any atom is -0.469 e. The van der Waals surface area contributed by atoms with Gasteiger partial charge in [0.1, 0.15) is 0 Å². The fraction of sp³-hybridized carbons (Fsp3) is 0.259. The van der Waals surface area contributed by atoms with Crippen molar-refractivity contribution in [2.45, 2.75) is 33.6 Å². The molecule has 1 fully saturated rings. The second kappa shape index (κ2) is 11.6. The molecule has 2 aromatic carbocycles. The number of hydrogen-bond donors (Lipinski definition) is 1. The van der Waals surface area contributed by atoms with Crippen LogP contribution in [-0.4, -0.2) is 27.6 Å². The van der Waals surface area contributed by atoms with Gasteiger partial charge in [-0.25, -0.2) is 9.36 Å². The molecule has 7 nitrogen and oxygen atoms in total. The summed E-state index contributed by atoms with van der Waals surface area (Å²) in [6, 6.07) is 14.5. The van der Waals surface area contributed by atoms with E-state index in [1.54, 1.807) is 30.5 Å². The lowest BCUT2D eigenvalue weighted by atomic mass is 10.0. The van der Waals surface area contributed by atoms with Crippen molar-refractivity contribution in [1.29, 1.82) is 0 Å². The summed E-state index contributed by atoms with van der Waals surface area (Å²) in [5, 5.41) is 1.03. The molecule has 1 saturated carbocycles. The van der Waals surface area contributed by atoms with Crippen molar-refractivity contribution in [3.63, 3.8) is 0 Å². The number of nitrogens with one attached hydrogen (secondary N) is 1. The Balaban J connectivity index is 0.000000324. The smallest absolute Gasteiger partial charge is 0.333 e. The van der Waals surface area contributed by atoms with Crippen LogP contribution in [0.25, 0.3) is 27.7 Å². The predicted molar refractivity (Wildman–Crippen MR) is 139 cm³/mol. The second-order valence-electron chi connectivity index (χ2n) is 7.77. The van der Waals surface area contributed by atoms with Crippen molar-refractivity contribution in [1.82, 2.24) is 14.5 Å². The first-order valence-electron chi connectivity index (χ1n) is 11.4. The van der Waals surface area contributed by atoms with E-state index in [0.29, 0.717) is 21.6 Å². The molecule has 0 atom stereocenters. The number of fused-ring (bicyclic) bond motifs is 1. The van der Waals surface area contributed by atoms with Crippen LogP contribution >= 0.6 is 11.6 Å². The summed E-state index contributed by atoms with van der Waals surface area (Å²) < 4.78 is 5.55. The molecule has 4 aromatic rings. The number of nitrogens with zero attached hydrogens (tertiary/aromatic N) is 2. The standard InChI is InChI=1S/C20H14ClN3O2.C5H8O2.C2H6/c1-12-8-9-22-11-18(12)24-19(25)15-7-6-13(10-17(15)23-20(24)26)14-4-2-3-5-16(14)21;1-7-5(6)4-2-3-4;1-2/h2-11H,1H3,(H,23,26);4H,2-3H2,1H3;1-2H3. The first-order valence-corrected chi connectivity index (χ1v) is 11.8. The molecule has 0 bridgehead atoms. The Labute approximate surface area is 208 Å². The van der Waals surface area contributed by atoms with Gasteiger partial charge in [-0.1, -0.05) is 49.7 Å². The average molecular weight is 494 g/mol. The minimum absolute atomic E-state index is 0.0417. The van der Waals surface area contributed by atoms with E-state index in [2.05, 4.69) is 14.7 Å². The summed E-state index contributed by atoms with van der Waals surface area (Å²) in [5.41, 5.74) is 2.50. The summed E-state index contributed by atoms with van der Waals surface area (Å²) in [5.74, 6) is 0.213. The zero-order chi connectivity index (χ0) is 25.5. The van der Waals surface area contributed by atoms with Crippen LogP contribution in [0.1, 0.15) is 32.3 Å². The molecule has 0 unspecified atom stereocenters. The largest absolute Gasteiger partial charge is 0.469 e. The third-order valence-electron chi connectivity index (χ3n) is 5.45. The van der Waals surface area contributed by atoms with Crippen LogP contribution in [0, 0.1) is 12.8 Å². The summed E-state index contributed by atoms with van der Waals surface area (Å²) in [4.78, 5) is 42.6. The van der Waals surface area contributed by atoms with Crippen LogP contribution < -0.4 is 11.2 Å². The number of H-pyrrole nitrogens is 1. The Morgan fingerprint density at radius 3 is 2.43 bits per heavy atom. The quantitative estimate of drug-likeness (QED) is 0.391. The molecule has 0 spiro atoms. The number of ether oxygens (including phenoxy) is 1. The lowest BCUT2D eigenvalue weighted by Gasteiger charge is -2.10. The minimum atomic E-state index is -0.505. The Hall–Kier alpha value is -3.71. The van der Waals surface area contributed by atoms with Gasteiger partial charge in [0.2, 0.25) is 0 Å². The zero-order valence-corrected chi connectivity index (χ0v) is 20.9. The molecule has 1 aliphatic rings. The van der Waals surface area contributed by atoms with Gasteiger partial charge < -0.3 is 9.72 Å². The summed E-state index contributed by atoms with van der Waals surface area (Å²) >= 11 is 6.25. The fourth-order valence-corrected chi connectivity index (χ4v) is 3.72. The third kappa shape index (κ3) is 5.87. The van der Waals surface area contributed by atoms with Crippen molar-refractivity contribution >= 4 is 28.5 Å². The van der Waals surface area contributed by atoms with Crippen LogP contribution in [0.5, 0.6) is 0 Å². The summed E-state index contributed by atoms with van der Waals surface area (Å²) in [6.07, 6.45) is 5.20. The van der Waals surface area contributed by atoms with Crippen LogP contribution in [0.2, 0.25) is 5.02 Å². The van der Waals surface area contributed by atoms with Gasteiger partial charge in [0, 0.05) is 16.8 Å². The highest BCUT2D eigenvalue weighted by Crippen LogP contribution is 2.30. The van der Waals surface area contributed by atoms with Crippen LogP contribution in [-0.2, 0) is 9.53 Å². The molecule has 2 aromatic heterocycles. The van der Waals surface area contributed by atoms with E-state index >= 15 is 0 Å². The van der Waals surface area contributed by atoms with Gasteiger partial charge in [-0.05, 0) is 55.2 Å². The number of pyridine rings is 1. The molecule has 0 aliphatic heterocycles. The monoisotopic (exact) mass is 493 g/mol. The average Bonchev–Trinajstić information content (AvgIpc) is 3.72. The number of aryl methyl sites for hydroxylation is 1. The van der Waals surface area contributed by atoms with Crippen LogP contribution in [0.4, 0.5) is 0 Å². The van der Waals surface area contributed by atoms with Crippen LogP contribution in [0.15, 0.2) is 70.5 Å².